The molecule has 0 bridgehead atoms. The third-order valence-corrected chi connectivity index (χ3v) is 4.67. The van der Waals surface area contributed by atoms with Gasteiger partial charge in [0, 0.05) is 32.0 Å². The lowest BCUT2D eigenvalue weighted by Gasteiger charge is -2.33. The van der Waals surface area contributed by atoms with Gasteiger partial charge >= 0.3 is 0 Å². The summed E-state index contributed by atoms with van der Waals surface area (Å²) in [5.74, 6) is 1.54. The number of halogens is 1. The fourth-order valence-corrected chi connectivity index (χ4v) is 3.41. The number of nitrogens with one attached hydrogen (secondary N) is 2. The van der Waals surface area contributed by atoms with E-state index >= 15 is 0 Å². The number of methoxy groups -OCH3 is 1. The first kappa shape index (κ1) is 18.7. The Bertz CT molecular complexity index is 736. The summed E-state index contributed by atoms with van der Waals surface area (Å²) in [5, 5.41) is 9.79. The number of rotatable bonds is 7. The van der Waals surface area contributed by atoms with E-state index in [2.05, 4.69) is 37.5 Å². The highest BCUT2D eigenvalue weighted by molar-refractivity contribution is 6.28. The fraction of sp³-hybridized carbons (Fsp3) is 0.500. The summed E-state index contributed by atoms with van der Waals surface area (Å²) in [6.07, 6.45) is 2.96. The average molecular weight is 378 g/mol. The van der Waals surface area contributed by atoms with Gasteiger partial charge in [-0.1, -0.05) is 12.1 Å². The van der Waals surface area contributed by atoms with Crippen molar-refractivity contribution in [3.8, 4) is 5.75 Å². The molecule has 3 rings (SSSR count). The van der Waals surface area contributed by atoms with Gasteiger partial charge in [0.25, 0.3) is 0 Å². The van der Waals surface area contributed by atoms with Gasteiger partial charge in [-0.2, -0.15) is 0 Å². The van der Waals surface area contributed by atoms with Crippen LogP contribution in [0, 0.1) is 0 Å². The standard InChI is InChI=1S/C18H24ClN5O2/c1-26-15-6-2-4-13(10-15)11-24-9-3-5-14(12-24)20-17(25)8-7-16-21-18(19)23-22-16/h2,4,6,10,14H,3,5,7-9,11-12H2,1H3,(H,20,25)(H,21,22,23)/t14-/m0/s1. The lowest BCUT2D eigenvalue weighted by molar-refractivity contribution is -0.122. The van der Waals surface area contributed by atoms with Crippen molar-refractivity contribution in [1.82, 2.24) is 25.4 Å². The lowest BCUT2D eigenvalue weighted by atomic mass is 10.0. The number of carbonyl (C=O) groups excluding carboxylic acids is 1. The molecule has 7 nitrogen and oxygen atoms in total. The van der Waals surface area contributed by atoms with Gasteiger partial charge in [0.2, 0.25) is 11.2 Å². The minimum atomic E-state index is 0.0331. The van der Waals surface area contributed by atoms with Crippen LogP contribution in [0.3, 0.4) is 0 Å². The third kappa shape index (κ3) is 5.44. The van der Waals surface area contributed by atoms with Gasteiger partial charge in [-0.25, -0.2) is 4.98 Å². The zero-order chi connectivity index (χ0) is 18.4. The summed E-state index contributed by atoms with van der Waals surface area (Å²) in [7, 11) is 1.68. The molecule has 0 radical (unpaired) electrons. The predicted octanol–water partition coefficient (Wildman–Crippen LogP) is 2.18. The Morgan fingerprint density at radius 3 is 3.15 bits per heavy atom. The number of aromatic nitrogens is 3. The summed E-state index contributed by atoms with van der Waals surface area (Å²) in [4.78, 5) is 18.6. The molecule has 0 aliphatic carbocycles. The molecule has 2 heterocycles. The third-order valence-electron chi connectivity index (χ3n) is 4.50. The van der Waals surface area contributed by atoms with E-state index in [1.807, 2.05) is 12.1 Å². The summed E-state index contributed by atoms with van der Waals surface area (Å²) in [5.41, 5.74) is 1.22. The molecule has 0 saturated carbocycles. The minimum absolute atomic E-state index is 0.0331. The van der Waals surface area contributed by atoms with E-state index in [0.717, 1.165) is 38.2 Å². The maximum atomic E-state index is 12.2. The first-order chi connectivity index (χ1) is 12.6. The van der Waals surface area contributed by atoms with E-state index in [1.54, 1.807) is 7.11 Å². The van der Waals surface area contributed by atoms with Gasteiger partial charge in [0.15, 0.2) is 0 Å². The zero-order valence-corrected chi connectivity index (χ0v) is 15.6. The quantitative estimate of drug-likeness (QED) is 0.772. The molecule has 2 aromatic rings. The van der Waals surface area contributed by atoms with Crippen molar-refractivity contribution in [2.75, 3.05) is 20.2 Å². The van der Waals surface area contributed by atoms with E-state index in [9.17, 15) is 4.79 Å². The van der Waals surface area contributed by atoms with Crippen molar-refractivity contribution in [1.29, 1.82) is 0 Å². The molecule has 1 amide bonds. The van der Waals surface area contributed by atoms with Crippen molar-refractivity contribution in [2.45, 2.75) is 38.3 Å². The summed E-state index contributed by atoms with van der Waals surface area (Å²) < 4.78 is 5.29. The minimum Gasteiger partial charge on any atom is -0.497 e. The van der Waals surface area contributed by atoms with Crippen LogP contribution in [-0.2, 0) is 17.8 Å². The Morgan fingerprint density at radius 2 is 2.38 bits per heavy atom. The summed E-state index contributed by atoms with van der Waals surface area (Å²) >= 11 is 5.67. The molecule has 26 heavy (non-hydrogen) atoms. The average Bonchev–Trinajstić information content (AvgIpc) is 3.06. The normalized spacial score (nSPS) is 17.8. The van der Waals surface area contributed by atoms with Gasteiger partial charge in [0.1, 0.15) is 11.6 Å². The SMILES string of the molecule is COc1cccc(CN2CCC[C@H](NC(=O)CCc3nc(Cl)n[nH]3)C2)c1. The van der Waals surface area contributed by atoms with Crippen LogP contribution in [0.25, 0.3) is 0 Å². The second-order valence-corrected chi connectivity index (χ2v) is 6.88. The highest BCUT2D eigenvalue weighted by atomic mass is 35.5. The van der Waals surface area contributed by atoms with Gasteiger partial charge in [-0.3, -0.25) is 14.8 Å². The Balaban J connectivity index is 1.46. The van der Waals surface area contributed by atoms with Gasteiger partial charge in [-0.05, 0) is 48.7 Å². The number of hydrogen-bond donors (Lipinski definition) is 2. The number of ether oxygens (including phenoxy) is 1. The molecular weight excluding hydrogens is 354 g/mol. The van der Waals surface area contributed by atoms with Crippen molar-refractivity contribution in [2.24, 2.45) is 0 Å². The van der Waals surface area contributed by atoms with Gasteiger partial charge in [-0.15, -0.1) is 5.10 Å². The number of H-pyrrole nitrogens is 1. The molecule has 1 fully saturated rings. The molecule has 1 aliphatic heterocycles. The summed E-state index contributed by atoms with van der Waals surface area (Å²) in [6.45, 7) is 2.76. The molecule has 0 spiro atoms. The second kappa shape index (κ2) is 9.00. The molecule has 1 aromatic heterocycles. The number of nitrogens with zero attached hydrogens (tertiary/aromatic N) is 3. The van der Waals surface area contributed by atoms with Gasteiger partial charge in [0.05, 0.1) is 7.11 Å². The number of benzene rings is 1. The van der Waals surface area contributed by atoms with Crippen LogP contribution in [0.2, 0.25) is 5.28 Å². The Hall–Kier alpha value is -2.12. The van der Waals surface area contributed by atoms with E-state index in [-0.39, 0.29) is 17.2 Å². The Labute approximate surface area is 158 Å². The van der Waals surface area contributed by atoms with Crippen molar-refractivity contribution < 1.29 is 9.53 Å². The molecule has 8 heteroatoms. The molecule has 1 aliphatic rings. The first-order valence-electron chi connectivity index (χ1n) is 8.84. The second-order valence-electron chi connectivity index (χ2n) is 6.54. The van der Waals surface area contributed by atoms with Crippen LogP contribution in [-0.4, -0.2) is 52.2 Å². The van der Waals surface area contributed by atoms with Crippen molar-refractivity contribution in [3.63, 3.8) is 0 Å². The van der Waals surface area contributed by atoms with E-state index < -0.39 is 0 Å². The molecule has 1 atom stereocenters. The zero-order valence-electron chi connectivity index (χ0n) is 14.9. The molecule has 2 N–H and O–H groups in total. The van der Waals surface area contributed by atoms with E-state index in [4.69, 9.17) is 16.3 Å². The number of aryl methyl sites for hydroxylation is 1. The van der Waals surface area contributed by atoms with E-state index in [1.165, 1.54) is 5.56 Å². The van der Waals surface area contributed by atoms with Crippen LogP contribution in [0.5, 0.6) is 5.75 Å². The van der Waals surface area contributed by atoms with Crippen LogP contribution in [0.4, 0.5) is 0 Å². The smallest absolute Gasteiger partial charge is 0.242 e. The van der Waals surface area contributed by atoms with Crippen molar-refractivity contribution >= 4 is 17.5 Å². The maximum absolute atomic E-state index is 12.2. The van der Waals surface area contributed by atoms with Crippen LogP contribution >= 0.6 is 11.6 Å². The summed E-state index contributed by atoms with van der Waals surface area (Å²) in [6, 6.07) is 8.30. The van der Waals surface area contributed by atoms with Gasteiger partial charge < -0.3 is 10.1 Å². The molecule has 140 valence electrons. The first-order valence-corrected chi connectivity index (χ1v) is 9.21. The largest absolute Gasteiger partial charge is 0.497 e. The molecule has 1 saturated heterocycles. The maximum Gasteiger partial charge on any atom is 0.242 e. The number of hydrogen-bond acceptors (Lipinski definition) is 5. The van der Waals surface area contributed by atoms with Crippen LogP contribution < -0.4 is 10.1 Å². The van der Waals surface area contributed by atoms with E-state index in [0.29, 0.717) is 18.7 Å². The van der Waals surface area contributed by atoms with Crippen molar-refractivity contribution in [3.05, 3.63) is 40.9 Å². The monoisotopic (exact) mass is 377 g/mol. The predicted molar refractivity (Wildman–Crippen MR) is 99.1 cm³/mol. The van der Waals surface area contributed by atoms with Crippen LogP contribution in [0.1, 0.15) is 30.7 Å². The number of amides is 1. The number of carbonyl (C=O) groups is 1. The van der Waals surface area contributed by atoms with Crippen LogP contribution in [0.15, 0.2) is 24.3 Å². The number of likely N-dealkylation sites (tertiary alicyclic amines) is 1. The lowest BCUT2D eigenvalue weighted by Crippen LogP contribution is -2.47. The Morgan fingerprint density at radius 1 is 1.50 bits per heavy atom. The fourth-order valence-electron chi connectivity index (χ4n) is 3.26. The molecular formula is C18H24ClN5O2. The molecule has 0 unspecified atom stereocenters. The highest BCUT2D eigenvalue weighted by Gasteiger charge is 2.21. The molecule has 1 aromatic carbocycles. The topological polar surface area (TPSA) is 83.1 Å². The number of piperidine rings is 1. The Kier molecular flexibility index (Phi) is 6.46. The highest BCUT2D eigenvalue weighted by Crippen LogP contribution is 2.17. The number of aromatic amines is 1.